The lowest BCUT2D eigenvalue weighted by Crippen LogP contribution is -2.33. The summed E-state index contributed by atoms with van der Waals surface area (Å²) in [5, 5.41) is -0.723. The van der Waals surface area contributed by atoms with E-state index in [1.807, 2.05) is 50.2 Å². The molecule has 3 rings (SSSR count). The van der Waals surface area contributed by atoms with Gasteiger partial charge in [-0.1, -0.05) is 61.1 Å². The van der Waals surface area contributed by atoms with Crippen LogP contribution in [-0.2, 0) is 21.0 Å². The summed E-state index contributed by atoms with van der Waals surface area (Å²) in [4.78, 5) is 0.499. The van der Waals surface area contributed by atoms with E-state index < -0.39 is 20.5 Å². The Morgan fingerprint density at radius 3 is 2.21 bits per heavy atom. The summed E-state index contributed by atoms with van der Waals surface area (Å²) in [6.45, 7) is 6.58. The number of benzene rings is 2. The van der Waals surface area contributed by atoms with E-state index in [1.165, 1.54) is 5.56 Å². The molecule has 0 spiro atoms. The number of aryl methyl sites for hydroxylation is 2. The molecule has 2 aromatic carbocycles. The minimum atomic E-state index is -3.63. The number of sulfone groups is 1. The zero-order valence-corrected chi connectivity index (χ0v) is 18.1. The van der Waals surface area contributed by atoms with Gasteiger partial charge >= 0.3 is 0 Å². The minimum absolute atomic E-state index is 0.200. The molecule has 6 heteroatoms. The summed E-state index contributed by atoms with van der Waals surface area (Å²) < 4.78 is 32.7. The quantitative estimate of drug-likeness (QED) is 0.662. The number of ether oxygens (including phenoxy) is 1. The fourth-order valence-corrected chi connectivity index (χ4v) is 6.75. The van der Waals surface area contributed by atoms with Crippen molar-refractivity contribution in [2.45, 2.75) is 43.3 Å². The standard InChI is InChI=1S/C22H27NO3S2/c1-4-16-8-10-17(11-9-16)19-20(22(19,21(23)27)14-26-5-2)28(24,25)18-12-6-15(3)7-13-18/h6-13,19-20H,4-5,14H2,1-3H3,(H2,23,27)/t19-,20-,22+/m0/s1. The number of nitrogens with two attached hydrogens (primary N) is 1. The maximum absolute atomic E-state index is 13.5. The van der Waals surface area contributed by atoms with Gasteiger partial charge in [-0.05, 0) is 43.5 Å². The topological polar surface area (TPSA) is 69.4 Å². The van der Waals surface area contributed by atoms with E-state index in [1.54, 1.807) is 12.1 Å². The van der Waals surface area contributed by atoms with Gasteiger partial charge in [0.05, 0.1) is 27.2 Å². The van der Waals surface area contributed by atoms with E-state index in [9.17, 15) is 8.42 Å². The number of rotatable bonds is 8. The van der Waals surface area contributed by atoms with Crippen LogP contribution in [0.5, 0.6) is 0 Å². The molecule has 0 aliphatic heterocycles. The first-order valence-electron chi connectivity index (χ1n) is 9.56. The molecule has 2 N–H and O–H groups in total. The van der Waals surface area contributed by atoms with Gasteiger partial charge in [0.25, 0.3) is 0 Å². The maximum Gasteiger partial charge on any atom is 0.182 e. The SMILES string of the molecule is CCOC[C@@]1(C(N)=S)[C@@H](c2ccc(CC)cc2)[C@@H]1S(=O)(=O)c1ccc(C)cc1. The highest BCUT2D eigenvalue weighted by molar-refractivity contribution is 7.92. The molecule has 1 aliphatic rings. The first-order chi connectivity index (χ1) is 13.3. The van der Waals surface area contributed by atoms with Crippen LogP contribution in [0.1, 0.15) is 36.5 Å². The van der Waals surface area contributed by atoms with Crippen LogP contribution in [0, 0.1) is 12.3 Å². The van der Waals surface area contributed by atoms with Crippen LogP contribution < -0.4 is 5.73 Å². The normalized spacial score (nSPS) is 24.1. The maximum atomic E-state index is 13.5. The van der Waals surface area contributed by atoms with Gasteiger partial charge in [0.1, 0.15) is 0 Å². The minimum Gasteiger partial charge on any atom is -0.393 e. The van der Waals surface area contributed by atoms with Gasteiger partial charge in [0.15, 0.2) is 9.84 Å². The van der Waals surface area contributed by atoms with E-state index in [0.717, 1.165) is 17.5 Å². The van der Waals surface area contributed by atoms with Crippen molar-refractivity contribution in [3.63, 3.8) is 0 Å². The van der Waals surface area contributed by atoms with Crippen molar-refractivity contribution < 1.29 is 13.2 Å². The molecule has 0 unspecified atom stereocenters. The first-order valence-corrected chi connectivity index (χ1v) is 11.5. The van der Waals surface area contributed by atoms with Crippen molar-refractivity contribution in [3.05, 3.63) is 65.2 Å². The van der Waals surface area contributed by atoms with Gasteiger partial charge in [0.2, 0.25) is 0 Å². The lowest BCUT2D eigenvalue weighted by atomic mass is 9.98. The Morgan fingerprint density at radius 2 is 1.71 bits per heavy atom. The van der Waals surface area contributed by atoms with E-state index in [-0.39, 0.29) is 17.5 Å². The molecule has 0 saturated heterocycles. The van der Waals surface area contributed by atoms with Crippen LogP contribution in [0.25, 0.3) is 0 Å². The van der Waals surface area contributed by atoms with Crippen molar-refractivity contribution >= 4 is 27.0 Å². The van der Waals surface area contributed by atoms with Crippen LogP contribution in [0.4, 0.5) is 0 Å². The average molecular weight is 418 g/mol. The van der Waals surface area contributed by atoms with Gasteiger partial charge in [-0.25, -0.2) is 8.42 Å². The number of hydrogen-bond acceptors (Lipinski definition) is 4. The fourth-order valence-electron chi connectivity index (χ4n) is 3.98. The van der Waals surface area contributed by atoms with Crippen molar-refractivity contribution in [2.75, 3.05) is 13.2 Å². The molecule has 3 atom stereocenters. The summed E-state index contributed by atoms with van der Waals surface area (Å²) in [6.07, 6.45) is 0.926. The van der Waals surface area contributed by atoms with Crippen LogP contribution in [-0.4, -0.2) is 31.9 Å². The highest BCUT2D eigenvalue weighted by Crippen LogP contribution is 2.64. The van der Waals surface area contributed by atoms with Crippen LogP contribution in [0.2, 0.25) is 0 Å². The molecule has 4 nitrogen and oxygen atoms in total. The molecule has 150 valence electrons. The van der Waals surface area contributed by atoms with Crippen LogP contribution in [0.3, 0.4) is 0 Å². The Morgan fingerprint density at radius 1 is 1.11 bits per heavy atom. The second-order valence-electron chi connectivity index (χ2n) is 7.39. The van der Waals surface area contributed by atoms with Crippen LogP contribution >= 0.6 is 12.2 Å². The average Bonchev–Trinajstić information content (AvgIpc) is 3.38. The fraction of sp³-hybridized carbons (Fsp3) is 0.409. The van der Waals surface area contributed by atoms with E-state index in [2.05, 4.69) is 6.92 Å². The summed E-state index contributed by atoms with van der Waals surface area (Å²) in [6, 6.07) is 15.0. The molecule has 0 heterocycles. The predicted octanol–water partition coefficient (Wildman–Crippen LogP) is 3.81. The molecular weight excluding hydrogens is 390 g/mol. The van der Waals surface area contributed by atoms with E-state index >= 15 is 0 Å². The lowest BCUT2D eigenvalue weighted by Gasteiger charge is -2.17. The third kappa shape index (κ3) is 3.49. The molecule has 0 bridgehead atoms. The summed E-state index contributed by atoms with van der Waals surface area (Å²) in [7, 11) is -3.63. The molecule has 1 saturated carbocycles. The third-order valence-electron chi connectivity index (χ3n) is 5.69. The van der Waals surface area contributed by atoms with Crippen molar-refractivity contribution in [3.8, 4) is 0 Å². The molecule has 2 aromatic rings. The highest BCUT2D eigenvalue weighted by atomic mass is 32.2. The Bertz CT molecular complexity index is 952. The largest absolute Gasteiger partial charge is 0.393 e. The second-order valence-corrected chi connectivity index (χ2v) is 9.90. The predicted molar refractivity (Wildman–Crippen MR) is 116 cm³/mol. The Kier molecular flexibility index (Phi) is 5.94. The first kappa shape index (κ1) is 21.0. The number of thiocarbonyl (C=S) groups is 1. The lowest BCUT2D eigenvalue weighted by molar-refractivity contribution is 0.121. The van der Waals surface area contributed by atoms with Crippen molar-refractivity contribution in [1.29, 1.82) is 0 Å². The molecule has 1 fully saturated rings. The van der Waals surface area contributed by atoms with Gasteiger partial charge in [0, 0.05) is 12.5 Å². The summed E-state index contributed by atoms with van der Waals surface area (Å²) >= 11 is 5.38. The Balaban J connectivity index is 2.08. The van der Waals surface area contributed by atoms with Crippen molar-refractivity contribution in [2.24, 2.45) is 11.1 Å². The van der Waals surface area contributed by atoms with Gasteiger partial charge in [-0.15, -0.1) is 0 Å². The van der Waals surface area contributed by atoms with Crippen molar-refractivity contribution in [1.82, 2.24) is 0 Å². The molecule has 0 amide bonds. The van der Waals surface area contributed by atoms with E-state index in [4.69, 9.17) is 22.7 Å². The monoisotopic (exact) mass is 417 g/mol. The zero-order chi connectivity index (χ0) is 20.5. The molecule has 0 radical (unpaired) electrons. The van der Waals surface area contributed by atoms with Gasteiger partial charge in [-0.3, -0.25) is 0 Å². The van der Waals surface area contributed by atoms with Crippen LogP contribution in [0.15, 0.2) is 53.4 Å². The summed E-state index contributed by atoms with van der Waals surface area (Å²) in [5.74, 6) is -0.311. The molecule has 28 heavy (non-hydrogen) atoms. The summed E-state index contributed by atoms with van der Waals surface area (Å²) in [5.41, 5.74) is 8.40. The zero-order valence-electron chi connectivity index (χ0n) is 16.5. The molecule has 0 aromatic heterocycles. The van der Waals surface area contributed by atoms with E-state index in [0.29, 0.717) is 11.5 Å². The molecule has 1 aliphatic carbocycles. The number of hydrogen-bond donors (Lipinski definition) is 1. The highest BCUT2D eigenvalue weighted by Gasteiger charge is 2.73. The third-order valence-corrected chi connectivity index (χ3v) is 8.36. The second kappa shape index (κ2) is 7.93. The van der Waals surface area contributed by atoms with Gasteiger partial charge in [-0.2, -0.15) is 0 Å². The Hall–Kier alpha value is -1.76. The van der Waals surface area contributed by atoms with Gasteiger partial charge < -0.3 is 10.5 Å². The Labute approximate surface area is 173 Å². The molecular formula is C22H27NO3S2. The smallest absolute Gasteiger partial charge is 0.182 e.